The molecule has 2 heterocycles. The van der Waals surface area contributed by atoms with Crippen LogP contribution in [0.5, 0.6) is 0 Å². The molecule has 1 aromatic carbocycles. The van der Waals surface area contributed by atoms with Gasteiger partial charge in [0.2, 0.25) is 0 Å². The molecule has 0 radical (unpaired) electrons. The van der Waals surface area contributed by atoms with Crippen molar-refractivity contribution in [2.45, 2.75) is 31.7 Å². The third-order valence-electron chi connectivity index (χ3n) is 6.34. The Balaban J connectivity index is 1.39. The largest absolute Gasteiger partial charge is 0.383 e. The second-order valence-electron chi connectivity index (χ2n) is 8.32. The maximum Gasteiger partial charge on any atom is 0.255 e. The number of hydrogen-bond donors (Lipinski definition) is 0. The lowest BCUT2D eigenvalue weighted by molar-refractivity contribution is 0.0573. The zero-order valence-corrected chi connectivity index (χ0v) is 17.3. The Kier molecular flexibility index (Phi) is 6.57. The molecular formula is C24H31N3O2. The van der Waals surface area contributed by atoms with E-state index < -0.39 is 0 Å². The summed E-state index contributed by atoms with van der Waals surface area (Å²) in [5.41, 5.74) is 3.67. The molecule has 0 bridgehead atoms. The SMILES string of the molecule is COCCN(CC1CCCN(C2Cc3ccccc3C2)C1)C(=O)c1cccnc1. The fourth-order valence-corrected chi connectivity index (χ4v) is 4.83. The van der Waals surface area contributed by atoms with Gasteiger partial charge in [0.05, 0.1) is 12.2 Å². The van der Waals surface area contributed by atoms with E-state index in [1.165, 1.54) is 30.5 Å². The Morgan fingerprint density at radius 1 is 1.21 bits per heavy atom. The monoisotopic (exact) mass is 393 g/mol. The molecule has 0 N–H and O–H groups in total. The molecule has 0 spiro atoms. The fourth-order valence-electron chi connectivity index (χ4n) is 4.83. The first-order valence-corrected chi connectivity index (χ1v) is 10.7. The van der Waals surface area contributed by atoms with Crippen molar-refractivity contribution in [1.82, 2.24) is 14.8 Å². The standard InChI is InChI=1S/C24H31N3O2/c1-29-13-12-27(24(28)22-9-4-10-25-16-22)18-19-6-5-11-26(17-19)23-14-20-7-2-3-8-21(20)15-23/h2-4,7-10,16,19,23H,5-6,11-15,17-18H2,1H3. The molecule has 5 heteroatoms. The Morgan fingerprint density at radius 2 is 2.00 bits per heavy atom. The molecule has 1 aromatic heterocycles. The summed E-state index contributed by atoms with van der Waals surface area (Å²) in [6, 6.07) is 13.1. The molecule has 1 unspecified atom stereocenters. The van der Waals surface area contributed by atoms with Gasteiger partial charge in [0.25, 0.3) is 5.91 Å². The van der Waals surface area contributed by atoms with Crippen LogP contribution in [0.25, 0.3) is 0 Å². The number of carbonyl (C=O) groups excluding carboxylic acids is 1. The van der Waals surface area contributed by atoms with Crippen molar-refractivity contribution in [3.63, 3.8) is 0 Å². The number of methoxy groups -OCH3 is 1. The minimum atomic E-state index is 0.0561. The number of ether oxygens (including phenoxy) is 1. The second kappa shape index (κ2) is 9.51. The molecule has 1 aliphatic heterocycles. The molecule has 2 aromatic rings. The number of hydrogen-bond acceptors (Lipinski definition) is 4. The molecule has 154 valence electrons. The summed E-state index contributed by atoms with van der Waals surface area (Å²) in [6.07, 6.45) is 8.06. The number of piperidine rings is 1. The van der Waals surface area contributed by atoms with Crippen LogP contribution in [-0.2, 0) is 17.6 Å². The van der Waals surface area contributed by atoms with E-state index in [1.54, 1.807) is 19.5 Å². The molecule has 1 aliphatic carbocycles. The number of nitrogens with zero attached hydrogens (tertiary/aromatic N) is 3. The first-order chi connectivity index (χ1) is 14.2. The molecule has 29 heavy (non-hydrogen) atoms. The van der Waals surface area contributed by atoms with Gasteiger partial charge < -0.3 is 9.64 Å². The zero-order valence-electron chi connectivity index (χ0n) is 17.3. The van der Waals surface area contributed by atoms with E-state index in [-0.39, 0.29) is 5.91 Å². The van der Waals surface area contributed by atoms with Crippen LogP contribution in [0, 0.1) is 5.92 Å². The van der Waals surface area contributed by atoms with E-state index in [2.05, 4.69) is 34.1 Å². The van der Waals surface area contributed by atoms with E-state index in [1.807, 2.05) is 17.0 Å². The molecular weight excluding hydrogens is 362 g/mol. The number of fused-ring (bicyclic) bond motifs is 1. The van der Waals surface area contributed by atoms with Gasteiger partial charge in [0.1, 0.15) is 0 Å². The first-order valence-electron chi connectivity index (χ1n) is 10.7. The summed E-state index contributed by atoms with van der Waals surface area (Å²) in [4.78, 5) is 21.8. The van der Waals surface area contributed by atoms with E-state index in [0.29, 0.717) is 30.7 Å². The van der Waals surface area contributed by atoms with E-state index >= 15 is 0 Å². The smallest absolute Gasteiger partial charge is 0.255 e. The van der Waals surface area contributed by atoms with Gasteiger partial charge in [-0.25, -0.2) is 0 Å². The van der Waals surface area contributed by atoms with Crippen LogP contribution in [0.1, 0.15) is 34.3 Å². The van der Waals surface area contributed by atoms with Crippen molar-refractivity contribution < 1.29 is 9.53 Å². The number of benzene rings is 1. The van der Waals surface area contributed by atoms with Crippen molar-refractivity contribution in [3.8, 4) is 0 Å². The maximum atomic E-state index is 13.0. The highest BCUT2D eigenvalue weighted by Crippen LogP contribution is 2.29. The van der Waals surface area contributed by atoms with Crippen LogP contribution in [0.3, 0.4) is 0 Å². The average molecular weight is 394 g/mol. The molecule has 1 atom stereocenters. The summed E-state index contributed by atoms with van der Waals surface area (Å²) in [5, 5.41) is 0. The van der Waals surface area contributed by atoms with Crippen LogP contribution in [0.15, 0.2) is 48.8 Å². The number of rotatable bonds is 7. The Morgan fingerprint density at radius 3 is 2.69 bits per heavy atom. The van der Waals surface area contributed by atoms with Gasteiger partial charge in [-0.1, -0.05) is 24.3 Å². The van der Waals surface area contributed by atoms with Gasteiger partial charge in [0.15, 0.2) is 0 Å². The zero-order chi connectivity index (χ0) is 20.1. The fraction of sp³-hybridized carbons (Fsp3) is 0.500. The van der Waals surface area contributed by atoms with Crippen molar-refractivity contribution in [2.24, 2.45) is 5.92 Å². The van der Waals surface area contributed by atoms with Crippen LogP contribution in [0.2, 0.25) is 0 Å². The van der Waals surface area contributed by atoms with Gasteiger partial charge in [-0.3, -0.25) is 14.7 Å². The van der Waals surface area contributed by atoms with Gasteiger partial charge in [0, 0.05) is 45.2 Å². The summed E-state index contributed by atoms with van der Waals surface area (Å²) < 4.78 is 5.27. The molecule has 5 nitrogen and oxygen atoms in total. The molecule has 1 amide bonds. The quantitative estimate of drug-likeness (QED) is 0.725. The van der Waals surface area contributed by atoms with Gasteiger partial charge in [-0.2, -0.15) is 0 Å². The maximum absolute atomic E-state index is 13.0. The number of carbonyl (C=O) groups is 1. The number of pyridine rings is 1. The number of aromatic nitrogens is 1. The Bertz CT molecular complexity index is 786. The van der Waals surface area contributed by atoms with Crippen molar-refractivity contribution in [2.75, 3.05) is 39.9 Å². The van der Waals surface area contributed by atoms with Gasteiger partial charge >= 0.3 is 0 Å². The molecule has 0 saturated carbocycles. The van der Waals surface area contributed by atoms with Crippen molar-refractivity contribution in [3.05, 3.63) is 65.5 Å². The third kappa shape index (κ3) is 4.85. The average Bonchev–Trinajstić information content (AvgIpc) is 3.21. The number of amides is 1. The highest BCUT2D eigenvalue weighted by Gasteiger charge is 2.31. The lowest BCUT2D eigenvalue weighted by Gasteiger charge is -2.38. The highest BCUT2D eigenvalue weighted by atomic mass is 16.5. The molecule has 1 saturated heterocycles. The third-order valence-corrected chi connectivity index (χ3v) is 6.34. The lowest BCUT2D eigenvalue weighted by atomic mass is 9.95. The highest BCUT2D eigenvalue weighted by molar-refractivity contribution is 5.93. The van der Waals surface area contributed by atoms with Crippen LogP contribution in [-0.4, -0.2) is 66.6 Å². The molecule has 1 fully saturated rings. The summed E-state index contributed by atoms with van der Waals surface area (Å²) >= 11 is 0. The Hall–Kier alpha value is -2.24. The topological polar surface area (TPSA) is 45.7 Å². The van der Waals surface area contributed by atoms with E-state index in [4.69, 9.17) is 4.74 Å². The summed E-state index contributed by atoms with van der Waals surface area (Å²) in [7, 11) is 1.69. The minimum Gasteiger partial charge on any atom is -0.383 e. The predicted octanol–water partition coefficient (Wildman–Crippen LogP) is 3.05. The summed E-state index contributed by atoms with van der Waals surface area (Å²) in [5.74, 6) is 0.561. The van der Waals surface area contributed by atoms with E-state index in [0.717, 1.165) is 25.9 Å². The minimum absolute atomic E-state index is 0.0561. The van der Waals surface area contributed by atoms with E-state index in [9.17, 15) is 4.79 Å². The molecule has 2 aliphatic rings. The number of likely N-dealkylation sites (tertiary alicyclic amines) is 1. The predicted molar refractivity (Wildman–Crippen MR) is 114 cm³/mol. The van der Waals surface area contributed by atoms with Gasteiger partial charge in [-0.05, 0) is 61.4 Å². The first kappa shape index (κ1) is 20.0. The molecule has 4 rings (SSSR count). The summed E-state index contributed by atoms with van der Waals surface area (Å²) in [6.45, 7) is 4.20. The van der Waals surface area contributed by atoms with Crippen molar-refractivity contribution >= 4 is 5.91 Å². The lowest BCUT2D eigenvalue weighted by Crippen LogP contribution is -2.47. The second-order valence-corrected chi connectivity index (χ2v) is 8.32. The van der Waals surface area contributed by atoms with Crippen LogP contribution < -0.4 is 0 Å². The van der Waals surface area contributed by atoms with Crippen LogP contribution in [0.4, 0.5) is 0 Å². The van der Waals surface area contributed by atoms with Crippen molar-refractivity contribution in [1.29, 1.82) is 0 Å². The Labute approximate surface area is 173 Å². The van der Waals surface area contributed by atoms with Gasteiger partial charge in [-0.15, -0.1) is 0 Å². The van der Waals surface area contributed by atoms with Crippen LogP contribution >= 0.6 is 0 Å². The normalized spacial score (nSPS) is 19.8.